The van der Waals surface area contributed by atoms with Crippen molar-refractivity contribution in [3.05, 3.63) is 272 Å². The van der Waals surface area contributed by atoms with Crippen molar-refractivity contribution in [1.29, 1.82) is 10.5 Å². The van der Waals surface area contributed by atoms with E-state index in [9.17, 15) is 28.1 Å². The first-order chi connectivity index (χ1) is 48.4. The van der Waals surface area contributed by atoms with Crippen LogP contribution in [0.5, 0.6) is 0 Å². The molecular formula is C85H66F4N8O4+4. The number of nitriles is 2. The van der Waals surface area contributed by atoms with Crippen molar-refractivity contribution in [2.45, 2.75) is 62.3 Å². The average Bonchev–Trinajstić information content (AvgIpc) is 1.59. The normalized spacial score (nSPS) is 11.2. The van der Waals surface area contributed by atoms with Crippen LogP contribution in [-0.4, -0.2) is 0 Å². The number of pyridine rings is 4. The van der Waals surface area contributed by atoms with Crippen LogP contribution in [-0.2, 0) is 28.2 Å². The molecule has 16 aromatic rings. The van der Waals surface area contributed by atoms with E-state index in [-0.39, 0.29) is 22.5 Å². The zero-order chi connectivity index (χ0) is 71.7. The first-order valence-corrected chi connectivity index (χ1v) is 32.4. The molecule has 0 saturated carbocycles. The standard InChI is InChI=1S/C22H18FN2O.3C21H16FN2O/c1-12-7-20(25(4)11-14(12)3)16-9-17-15-5-6-19(23)18(10-24)22(15)26-21(17)8-13(16)2;1-12-5-9-16(24(4)11-12)18-13(2)6-10-17-19(18)14-7-8-15(22)20(23-3)21(14)25-17;1-12-9-10-24(4)16(11-12)18-13(2)5-8-17-19(18)14-6-7-15(22)20(23-3)21(14)25-17;1-12-4-7-19(24(3)11-12)15-9-16-14-5-6-18(22)17(10-23)21(14)25-20(16)8-13(15)2/h5-9,11H,1-4H3;2*5-11H,1-2,4H3;4-9,11H,1-3H3/q4*+1. The lowest BCUT2D eigenvalue weighted by Crippen LogP contribution is -2.31. The van der Waals surface area contributed by atoms with E-state index in [1.807, 2.05) is 104 Å². The molecule has 0 aliphatic carbocycles. The Morgan fingerprint density at radius 2 is 0.772 bits per heavy atom. The van der Waals surface area contributed by atoms with E-state index in [4.69, 9.17) is 30.8 Å². The van der Waals surface area contributed by atoms with Gasteiger partial charge in [-0.2, -0.15) is 10.5 Å². The van der Waals surface area contributed by atoms with Gasteiger partial charge in [-0.15, -0.1) is 0 Å². The van der Waals surface area contributed by atoms with Crippen molar-refractivity contribution < 1.29 is 53.5 Å². The summed E-state index contributed by atoms with van der Waals surface area (Å²) < 4.78 is 87.5. The van der Waals surface area contributed by atoms with E-state index in [0.29, 0.717) is 44.7 Å². The van der Waals surface area contributed by atoms with E-state index in [1.54, 1.807) is 24.3 Å². The van der Waals surface area contributed by atoms with Crippen LogP contribution in [0.1, 0.15) is 61.2 Å². The van der Waals surface area contributed by atoms with Gasteiger partial charge in [0, 0.05) is 101 Å². The van der Waals surface area contributed by atoms with Gasteiger partial charge in [0.1, 0.15) is 108 Å². The third-order valence-corrected chi connectivity index (χ3v) is 18.9. The van der Waals surface area contributed by atoms with Crippen LogP contribution in [0.4, 0.5) is 28.9 Å². The van der Waals surface area contributed by atoms with Crippen molar-refractivity contribution >= 4 is 99.1 Å². The predicted octanol–water partition coefficient (Wildman–Crippen LogP) is 20.5. The highest BCUT2D eigenvalue weighted by Gasteiger charge is 2.27. The zero-order valence-corrected chi connectivity index (χ0v) is 57.8. The molecule has 0 aliphatic heterocycles. The van der Waals surface area contributed by atoms with Crippen molar-refractivity contribution in [2.75, 3.05) is 0 Å². The molecule has 16 rings (SSSR count). The highest BCUT2D eigenvalue weighted by Crippen LogP contribution is 2.45. The molecule has 494 valence electrons. The van der Waals surface area contributed by atoms with Crippen molar-refractivity contribution in [3.8, 4) is 57.2 Å². The van der Waals surface area contributed by atoms with Gasteiger partial charge in [0.05, 0.1) is 24.3 Å². The quantitative estimate of drug-likeness (QED) is 0.0982. The fourth-order valence-corrected chi connectivity index (χ4v) is 13.7. The topological polar surface area (TPSA) is 124 Å². The summed E-state index contributed by atoms with van der Waals surface area (Å²) in [5.41, 5.74) is 22.5. The van der Waals surface area contributed by atoms with Crippen LogP contribution in [0, 0.1) is 121 Å². The fraction of sp³-hybridized carbons (Fsp3) is 0.153. The maximum Gasteiger partial charge on any atom is 0.264 e. The van der Waals surface area contributed by atoms with E-state index < -0.39 is 23.3 Å². The summed E-state index contributed by atoms with van der Waals surface area (Å²) in [6, 6.07) is 46.3. The second kappa shape index (κ2) is 26.2. The van der Waals surface area contributed by atoms with Crippen LogP contribution < -0.4 is 18.3 Å². The Morgan fingerprint density at radius 1 is 0.347 bits per heavy atom. The fourth-order valence-electron chi connectivity index (χ4n) is 13.7. The van der Waals surface area contributed by atoms with E-state index >= 15 is 0 Å². The summed E-state index contributed by atoms with van der Waals surface area (Å²) in [4.78, 5) is 6.65. The van der Waals surface area contributed by atoms with Gasteiger partial charge in [-0.25, -0.2) is 45.5 Å². The molecule has 16 heteroatoms. The third-order valence-electron chi connectivity index (χ3n) is 18.9. The molecule has 8 aromatic heterocycles. The molecule has 12 nitrogen and oxygen atoms in total. The minimum atomic E-state index is -0.559. The molecule has 0 fully saturated rings. The molecule has 0 spiro atoms. The number of nitrogens with zero attached hydrogens (tertiary/aromatic N) is 8. The van der Waals surface area contributed by atoms with Gasteiger partial charge in [-0.1, -0.05) is 24.3 Å². The number of aromatic nitrogens is 4. The summed E-state index contributed by atoms with van der Waals surface area (Å²) in [5, 5.41) is 25.1. The number of furan rings is 4. The van der Waals surface area contributed by atoms with Crippen LogP contribution >= 0.6 is 0 Å². The Balaban J connectivity index is 0.000000120. The lowest BCUT2D eigenvalue weighted by molar-refractivity contribution is -0.660. The molecule has 0 atom stereocenters. The summed E-state index contributed by atoms with van der Waals surface area (Å²) in [7, 11) is 8.05. The number of rotatable bonds is 4. The molecular weight excluding hydrogens is 1270 g/mol. The van der Waals surface area contributed by atoms with Crippen LogP contribution in [0.2, 0.25) is 0 Å². The number of fused-ring (bicyclic) bond motifs is 12. The summed E-state index contributed by atoms with van der Waals surface area (Å²) in [5.74, 6) is -2.23. The Hall–Kier alpha value is -12.8. The minimum Gasteiger partial charge on any atom is -0.467 e. The summed E-state index contributed by atoms with van der Waals surface area (Å²) in [6.07, 6.45) is 8.29. The van der Waals surface area contributed by atoms with Gasteiger partial charge in [0.2, 0.25) is 22.8 Å². The Bertz CT molecular complexity index is 6380. The molecule has 0 bridgehead atoms. The molecule has 101 heavy (non-hydrogen) atoms. The number of halogens is 4. The van der Waals surface area contributed by atoms with E-state index in [0.717, 1.165) is 116 Å². The highest BCUT2D eigenvalue weighted by atomic mass is 19.1. The first-order valence-electron chi connectivity index (χ1n) is 32.4. The smallest absolute Gasteiger partial charge is 0.264 e. The molecule has 0 saturated heterocycles. The van der Waals surface area contributed by atoms with Gasteiger partial charge in [-0.05, 0) is 181 Å². The van der Waals surface area contributed by atoms with Gasteiger partial charge in [-0.3, -0.25) is 0 Å². The summed E-state index contributed by atoms with van der Waals surface area (Å²) >= 11 is 0. The molecule has 8 heterocycles. The molecule has 0 aliphatic rings. The number of hydrogen-bond donors (Lipinski definition) is 0. The molecule has 0 amide bonds. The van der Waals surface area contributed by atoms with Gasteiger partial charge in [0.15, 0.2) is 36.0 Å². The van der Waals surface area contributed by atoms with Crippen molar-refractivity contribution in [3.63, 3.8) is 0 Å². The summed E-state index contributed by atoms with van der Waals surface area (Å²) in [6.45, 7) is 33.1. The monoisotopic (exact) mass is 1340 g/mol. The maximum absolute atomic E-state index is 14.0. The highest BCUT2D eigenvalue weighted by molar-refractivity contribution is 6.17. The largest absolute Gasteiger partial charge is 0.467 e. The number of hydrogen-bond acceptors (Lipinski definition) is 6. The van der Waals surface area contributed by atoms with Gasteiger partial charge in [0.25, 0.3) is 11.4 Å². The second-order valence-corrected chi connectivity index (χ2v) is 25.8. The molecule has 0 unspecified atom stereocenters. The molecule has 8 aromatic carbocycles. The second-order valence-electron chi connectivity index (χ2n) is 25.8. The van der Waals surface area contributed by atoms with E-state index in [1.165, 1.54) is 46.5 Å². The number of benzene rings is 8. The first kappa shape index (κ1) is 66.8. The SMILES string of the molecule is Cc1cc(-c2cc3c(cc2C)oc2c(C#N)c(F)ccc23)[n+](C)cc1C.Cc1ccc(-c2cc3c(cc2C)oc2c(C#N)c(F)ccc23)[n+](C)c1.[C-]#[N+]c1c(F)ccc2c1oc1ccc(C)c(-c3cc(C)cc[n+]3C)c12.[C-]#[N+]c1c(F)ccc2c1oc1ccc(C)c(-c3ccc(C)c[n+]3C)c12. The predicted molar refractivity (Wildman–Crippen MR) is 386 cm³/mol. The Morgan fingerprint density at radius 3 is 1.24 bits per heavy atom. The van der Waals surface area contributed by atoms with Gasteiger partial charge < -0.3 is 17.7 Å². The Labute approximate surface area is 579 Å². The number of aryl methyl sites for hydroxylation is 13. The minimum absolute atomic E-state index is 0.0466. The lowest BCUT2D eigenvalue weighted by Gasteiger charge is -2.07. The van der Waals surface area contributed by atoms with Crippen molar-refractivity contribution in [2.24, 2.45) is 28.2 Å². The van der Waals surface area contributed by atoms with Crippen LogP contribution in [0.25, 0.3) is 142 Å². The third kappa shape index (κ3) is 11.8. The van der Waals surface area contributed by atoms with Gasteiger partial charge >= 0.3 is 0 Å². The molecule has 0 N–H and O–H groups in total. The Kier molecular flexibility index (Phi) is 17.4. The maximum atomic E-state index is 14.0. The average molecular weight is 1340 g/mol. The van der Waals surface area contributed by atoms with Crippen molar-refractivity contribution in [1.82, 2.24) is 0 Å². The van der Waals surface area contributed by atoms with Crippen LogP contribution in [0.3, 0.4) is 0 Å². The zero-order valence-electron chi connectivity index (χ0n) is 57.8. The van der Waals surface area contributed by atoms with Crippen LogP contribution in [0.15, 0.2) is 182 Å². The van der Waals surface area contributed by atoms with E-state index in [2.05, 4.69) is 143 Å². The molecule has 0 radical (unpaired) electrons. The lowest BCUT2D eigenvalue weighted by atomic mass is 9.97.